The summed E-state index contributed by atoms with van der Waals surface area (Å²) in [5.41, 5.74) is -1.22. The van der Waals surface area contributed by atoms with Gasteiger partial charge in [-0.1, -0.05) is 17.7 Å². The molecule has 0 aliphatic rings. The summed E-state index contributed by atoms with van der Waals surface area (Å²) in [7, 11) is 0. The van der Waals surface area contributed by atoms with Crippen molar-refractivity contribution in [3.05, 3.63) is 69.3 Å². The highest BCUT2D eigenvalue weighted by Crippen LogP contribution is 2.36. The van der Waals surface area contributed by atoms with E-state index in [0.29, 0.717) is 12.1 Å². The van der Waals surface area contributed by atoms with Crippen molar-refractivity contribution in [3.63, 3.8) is 0 Å². The van der Waals surface area contributed by atoms with Gasteiger partial charge in [-0.3, -0.25) is 10.1 Å². The average Bonchev–Trinajstić information content (AvgIpc) is 2.46. The number of alkyl halides is 3. The molecule has 23 heavy (non-hydrogen) atoms. The van der Waals surface area contributed by atoms with Gasteiger partial charge in [-0.25, -0.2) is 4.79 Å². The first-order valence-electron chi connectivity index (χ1n) is 6.33. The van der Waals surface area contributed by atoms with Gasteiger partial charge in [0, 0.05) is 6.07 Å². The summed E-state index contributed by atoms with van der Waals surface area (Å²) in [6.45, 7) is 1.73. The number of halogens is 3. The van der Waals surface area contributed by atoms with Gasteiger partial charge in [-0.2, -0.15) is 13.2 Å². The Labute approximate surface area is 128 Å². The summed E-state index contributed by atoms with van der Waals surface area (Å²) in [4.78, 5) is 21.8. The Morgan fingerprint density at radius 1 is 1.17 bits per heavy atom. The lowest BCUT2D eigenvalue weighted by Crippen LogP contribution is -2.11. The highest BCUT2D eigenvalue weighted by molar-refractivity contribution is 5.91. The molecule has 0 N–H and O–H groups in total. The van der Waals surface area contributed by atoms with Gasteiger partial charge in [0.05, 0.1) is 16.1 Å². The number of benzene rings is 2. The van der Waals surface area contributed by atoms with Crippen LogP contribution in [0.3, 0.4) is 0 Å². The molecule has 0 aliphatic carbocycles. The van der Waals surface area contributed by atoms with Gasteiger partial charge >= 0.3 is 17.8 Å². The minimum Gasteiger partial charge on any atom is -0.416 e. The number of ether oxygens (including phenoxy) is 1. The van der Waals surface area contributed by atoms with Gasteiger partial charge in [0.2, 0.25) is 5.75 Å². The predicted octanol–water partition coefficient (Wildman–Crippen LogP) is 4.14. The summed E-state index contributed by atoms with van der Waals surface area (Å²) in [6, 6.07) is 7.97. The fourth-order valence-corrected chi connectivity index (χ4v) is 1.85. The van der Waals surface area contributed by atoms with Crippen LogP contribution in [0.2, 0.25) is 0 Å². The number of nitrogens with zero attached hydrogens (tertiary/aromatic N) is 1. The molecule has 120 valence electrons. The Hall–Kier alpha value is -2.90. The van der Waals surface area contributed by atoms with Crippen molar-refractivity contribution in [3.8, 4) is 5.75 Å². The zero-order chi connectivity index (χ0) is 17.2. The molecule has 8 heteroatoms. The monoisotopic (exact) mass is 325 g/mol. The molecule has 0 heterocycles. The molecule has 2 aromatic rings. The summed E-state index contributed by atoms with van der Waals surface area (Å²) >= 11 is 0. The van der Waals surface area contributed by atoms with Crippen LogP contribution in [0.4, 0.5) is 18.9 Å². The van der Waals surface area contributed by atoms with E-state index in [-0.39, 0.29) is 5.56 Å². The number of carbonyl (C=O) groups is 1. The van der Waals surface area contributed by atoms with E-state index in [1.54, 1.807) is 19.1 Å². The molecule has 0 bridgehead atoms. The lowest BCUT2D eigenvalue weighted by molar-refractivity contribution is -0.385. The maximum atomic E-state index is 12.6. The molecule has 0 saturated heterocycles. The minimum atomic E-state index is -4.73. The Morgan fingerprint density at radius 3 is 2.43 bits per heavy atom. The molecule has 2 aromatic carbocycles. The highest BCUT2D eigenvalue weighted by atomic mass is 19.4. The standard InChI is InChI=1S/C15H10F3NO4/c1-9-3-2-4-10(7-9)14(20)23-13-6-5-11(15(16,17)18)8-12(13)19(21)22/h2-8H,1H3. The largest absolute Gasteiger partial charge is 0.416 e. The molecular formula is C15H10F3NO4. The van der Waals surface area contributed by atoms with Gasteiger partial charge < -0.3 is 4.74 Å². The Bertz CT molecular complexity index is 772. The second-order valence-electron chi connectivity index (χ2n) is 4.70. The minimum absolute atomic E-state index is 0.138. The summed E-state index contributed by atoms with van der Waals surface area (Å²) in [6.07, 6.45) is -4.73. The van der Waals surface area contributed by atoms with E-state index in [1.807, 2.05) is 0 Å². The third kappa shape index (κ3) is 3.85. The fraction of sp³-hybridized carbons (Fsp3) is 0.133. The van der Waals surface area contributed by atoms with Crippen molar-refractivity contribution < 1.29 is 27.6 Å². The fourth-order valence-electron chi connectivity index (χ4n) is 1.85. The molecule has 0 unspecified atom stereocenters. The molecule has 0 spiro atoms. The molecule has 2 rings (SSSR count). The number of aryl methyl sites for hydroxylation is 1. The van der Waals surface area contributed by atoms with Crippen LogP contribution in [0, 0.1) is 17.0 Å². The molecule has 0 saturated carbocycles. The molecule has 0 atom stereocenters. The smallest absolute Gasteiger partial charge is 0.416 e. The maximum absolute atomic E-state index is 12.6. The lowest BCUT2D eigenvalue weighted by atomic mass is 10.1. The van der Waals surface area contributed by atoms with Crippen molar-refractivity contribution >= 4 is 11.7 Å². The number of nitro benzene ring substituents is 1. The van der Waals surface area contributed by atoms with E-state index in [4.69, 9.17) is 4.74 Å². The number of esters is 1. The number of rotatable bonds is 3. The molecular weight excluding hydrogens is 315 g/mol. The molecule has 0 aliphatic heterocycles. The number of nitro groups is 1. The molecule has 0 amide bonds. The summed E-state index contributed by atoms with van der Waals surface area (Å²) in [5, 5.41) is 10.9. The highest BCUT2D eigenvalue weighted by Gasteiger charge is 2.33. The van der Waals surface area contributed by atoms with Crippen molar-refractivity contribution in [2.45, 2.75) is 13.1 Å². The van der Waals surface area contributed by atoms with Gasteiger partial charge in [0.15, 0.2) is 0 Å². The zero-order valence-corrected chi connectivity index (χ0v) is 11.8. The SMILES string of the molecule is Cc1cccc(C(=O)Oc2ccc(C(F)(F)F)cc2[N+](=O)[O-])c1. The summed E-state index contributed by atoms with van der Waals surface area (Å²) in [5.74, 6) is -1.44. The second kappa shape index (κ2) is 6.07. The third-order valence-electron chi connectivity index (χ3n) is 2.94. The molecule has 0 aromatic heterocycles. The van der Waals surface area contributed by atoms with Crippen molar-refractivity contribution in [2.24, 2.45) is 0 Å². The van der Waals surface area contributed by atoms with Crippen molar-refractivity contribution in [1.29, 1.82) is 0 Å². The Kier molecular flexibility index (Phi) is 4.35. The van der Waals surface area contributed by atoms with Gasteiger partial charge in [0.25, 0.3) is 0 Å². The van der Waals surface area contributed by atoms with Crippen molar-refractivity contribution in [2.75, 3.05) is 0 Å². The van der Waals surface area contributed by atoms with Crippen LogP contribution in [-0.2, 0) is 6.18 Å². The number of hydrogen-bond acceptors (Lipinski definition) is 4. The van der Waals surface area contributed by atoms with Crippen LogP contribution in [0.15, 0.2) is 42.5 Å². The first-order valence-corrected chi connectivity index (χ1v) is 6.33. The van der Waals surface area contributed by atoms with E-state index in [0.717, 1.165) is 11.6 Å². The van der Waals surface area contributed by atoms with Crippen LogP contribution in [-0.4, -0.2) is 10.9 Å². The van der Waals surface area contributed by atoms with Gasteiger partial charge in [-0.05, 0) is 31.2 Å². The Balaban J connectivity index is 2.36. The third-order valence-corrected chi connectivity index (χ3v) is 2.94. The topological polar surface area (TPSA) is 69.4 Å². The van der Waals surface area contributed by atoms with Crippen LogP contribution in [0.25, 0.3) is 0 Å². The first kappa shape index (κ1) is 16.5. The second-order valence-corrected chi connectivity index (χ2v) is 4.70. The van der Waals surface area contributed by atoms with Crippen LogP contribution < -0.4 is 4.74 Å². The first-order chi connectivity index (χ1) is 10.7. The van der Waals surface area contributed by atoms with E-state index in [2.05, 4.69) is 0 Å². The van der Waals surface area contributed by atoms with Crippen molar-refractivity contribution in [1.82, 2.24) is 0 Å². The van der Waals surface area contributed by atoms with Crippen LogP contribution in [0.1, 0.15) is 21.5 Å². The van der Waals surface area contributed by atoms with E-state index >= 15 is 0 Å². The molecule has 0 radical (unpaired) electrons. The summed E-state index contributed by atoms with van der Waals surface area (Å²) < 4.78 is 42.7. The Morgan fingerprint density at radius 2 is 1.87 bits per heavy atom. The quantitative estimate of drug-likeness (QED) is 0.368. The van der Waals surface area contributed by atoms with Gasteiger partial charge in [-0.15, -0.1) is 0 Å². The van der Waals surface area contributed by atoms with Gasteiger partial charge in [0.1, 0.15) is 0 Å². The zero-order valence-electron chi connectivity index (χ0n) is 11.8. The van der Waals surface area contributed by atoms with Crippen LogP contribution >= 0.6 is 0 Å². The molecule has 0 fully saturated rings. The predicted molar refractivity (Wildman–Crippen MR) is 74.2 cm³/mol. The average molecular weight is 325 g/mol. The van der Waals surface area contributed by atoms with E-state index in [9.17, 15) is 28.1 Å². The number of hydrogen-bond donors (Lipinski definition) is 0. The number of carbonyl (C=O) groups excluding carboxylic acids is 1. The molecule has 5 nitrogen and oxygen atoms in total. The normalized spacial score (nSPS) is 11.1. The van der Waals surface area contributed by atoms with E-state index in [1.165, 1.54) is 12.1 Å². The maximum Gasteiger partial charge on any atom is 0.416 e. The van der Waals surface area contributed by atoms with E-state index < -0.39 is 34.1 Å². The van der Waals surface area contributed by atoms with Crippen LogP contribution in [0.5, 0.6) is 5.75 Å². The lowest BCUT2D eigenvalue weighted by Gasteiger charge is -2.09.